The van der Waals surface area contributed by atoms with Crippen LogP contribution in [0.15, 0.2) is 11.6 Å². The maximum atomic E-state index is 4.48. The lowest BCUT2D eigenvalue weighted by Crippen LogP contribution is -1.97. The summed E-state index contributed by atoms with van der Waals surface area (Å²) < 4.78 is 17.5. The second-order valence-electron chi connectivity index (χ2n) is 14.6. The van der Waals surface area contributed by atoms with Gasteiger partial charge >= 0.3 is 0 Å². The summed E-state index contributed by atoms with van der Waals surface area (Å²) >= 11 is 6.51. The van der Waals surface area contributed by atoms with Gasteiger partial charge in [-0.2, -0.15) is 13.1 Å². The summed E-state index contributed by atoms with van der Waals surface area (Å²) in [5, 5.41) is 2.17. The Morgan fingerprint density at radius 2 is 0.978 bits per heavy atom. The monoisotopic (exact) mass is 704 g/mol. The molecule has 0 N–H and O–H groups in total. The van der Waals surface area contributed by atoms with E-state index in [0.717, 1.165) is 0 Å². The Bertz CT molecular complexity index is 1250. The molecule has 260 valence electrons. The first-order valence-corrected chi connectivity index (χ1v) is 20.3. The molecule has 4 rings (SSSR count). The molecule has 46 heavy (non-hydrogen) atoms. The van der Waals surface area contributed by atoms with Crippen LogP contribution in [0.25, 0.3) is 0 Å². The Hall–Kier alpha value is -1.48. The molecule has 0 radical (unpaired) electrons. The predicted molar refractivity (Wildman–Crippen MR) is 211 cm³/mol. The van der Waals surface area contributed by atoms with E-state index in [9.17, 15) is 0 Å². The summed E-state index contributed by atoms with van der Waals surface area (Å²) in [4.78, 5) is 4.29. The summed E-state index contributed by atoms with van der Waals surface area (Å²) in [5.41, 5.74) is 9.58. The minimum atomic E-state index is 0.562. The molecule has 0 aliphatic carbocycles. The van der Waals surface area contributed by atoms with Gasteiger partial charge in [0.15, 0.2) is 0 Å². The molecule has 4 aromatic heterocycles. The molecule has 0 aromatic carbocycles. The number of aryl methyl sites for hydroxylation is 2. The van der Waals surface area contributed by atoms with E-state index >= 15 is 0 Å². The molecule has 0 aliphatic rings. The molecule has 4 nitrogen and oxygen atoms in total. The normalized spacial score (nSPS) is 11.5. The Balaban J connectivity index is 0.000000307. The molecule has 8 heteroatoms. The average Bonchev–Trinajstić information content (AvgIpc) is 3.74. The molecule has 4 heterocycles. The molecule has 4 aromatic rings. The van der Waals surface area contributed by atoms with Crippen LogP contribution in [0.1, 0.15) is 212 Å². The van der Waals surface area contributed by atoms with Crippen molar-refractivity contribution in [1.82, 2.24) is 17.5 Å². The molecule has 0 unspecified atom stereocenters. The number of rotatable bonds is 8. The molecule has 0 bridgehead atoms. The van der Waals surface area contributed by atoms with E-state index in [-0.39, 0.29) is 0 Å². The fraction of sp³-hybridized carbons (Fsp3) is 0.684. The van der Waals surface area contributed by atoms with Crippen LogP contribution >= 0.6 is 46.1 Å². The van der Waals surface area contributed by atoms with Gasteiger partial charge in [0.1, 0.15) is 0 Å². The highest BCUT2D eigenvalue weighted by Gasteiger charge is 2.17. The lowest BCUT2D eigenvalue weighted by molar-refractivity contribution is 0.772. The summed E-state index contributed by atoms with van der Waals surface area (Å²) in [7, 11) is 0. The maximum Gasteiger partial charge on any atom is 0.0604 e. The van der Waals surface area contributed by atoms with E-state index in [1.165, 1.54) is 54.0 Å². The Kier molecular flexibility index (Phi) is 18.6. The van der Waals surface area contributed by atoms with Gasteiger partial charge in [-0.05, 0) is 130 Å². The van der Waals surface area contributed by atoms with Crippen molar-refractivity contribution in [2.75, 3.05) is 0 Å². The molecule has 0 saturated carbocycles. The lowest BCUT2D eigenvalue weighted by Gasteiger charge is -2.09. The predicted octanol–water partition coefficient (Wildman–Crippen LogP) is 14.2. The van der Waals surface area contributed by atoms with Gasteiger partial charge in [-0.3, -0.25) is 0 Å². The van der Waals surface area contributed by atoms with E-state index < -0.39 is 0 Å². The van der Waals surface area contributed by atoms with Crippen LogP contribution in [-0.2, 0) is 0 Å². The first-order chi connectivity index (χ1) is 21.3. The van der Waals surface area contributed by atoms with Gasteiger partial charge in [0.05, 0.1) is 17.1 Å². The third kappa shape index (κ3) is 12.5. The quantitative estimate of drug-likeness (QED) is 0.183. The molecule has 0 aliphatic heterocycles. The smallest absolute Gasteiger partial charge is 0.0604 e. The summed E-state index contributed by atoms with van der Waals surface area (Å²) in [6.07, 6.45) is 2.00. The number of nitrogens with zero attached hydrogens (tertiary/aromatic N) is 4. The second kappa shape index (κ2) is 20.1. The highest BCUT2D eigenvalue weighted by atomic mass is 32.1. The topological polar surface area (TPSA) is 51.6 Å². The van der Waals surface area contributed by atoms with Crippen molar-refractivity contribution in [2.24, 2.45) is 0 Å². The zero-order valence-electron chi connectivity index (χ0n) is 32.2. The zero-order chi connectivity index (χ0) is 35.5. The van der Waals surface area contributed by atoms with Crippen LogP contribution in [0.5, 0.6) is 0 Å². The fourth-order valence-corrected chi connectivity index (χ4v) is 9.16. The fourth-order valence-electron chi connectivity index (χ4n) is 5.28. The molecule has 0 fully saturated rings. The van der Waals surface area contributed by atoms with Crippen LogP contribution in [0, 0.1) is 13.8 Å². The summed E-state index contributed by atoms with van der Waals surface area (Å²) in [5.74, 6) is 4.83. The maximum absolute atomic E-state index is 4.48. The van der Waals surface area contributed by atoms with E-state index in [2.05, 4.69) is 148 Å². The van der Waals surface area contributed by atoms with Gasteiger partial charge in [0.25, 0.3) is 0 Å². The zero-order valence-corrected chi connectivity index (χ0v) is 35.5. The van der Waals surface area contributed by atoms with Crippen LogP contribution in [-0.4, -0.2) is 17.5 Å². The van der Waals surface area contributed by atoms with Gasteiger partial charge in [-0.1, -0.05) is 111 Å². The minimum absolute atomic E-state index is 0.562. The molecule has 0 saturated heterocycles. The van der Waals surface area contributed by atoms with E-state index in [1.54, 1.807) is 46.1 Å². The second-order valence-corrected chi connectivity index (χ2v) is 17.9. The molecule has 0 spiro atoms. The highest BCUT2D eigenvalue weighted by molar-refractivity contribution is 7.06. The van der Waals surface area contributed by atoms with Crippen LogP contribution in [0.3, 0.4) is 0 Å². The van der Waals surface area contributed by atoms with Crippen molar-refractivity contribution in [3.63, 3.8) is 0 Å². The third-order valence-electron chi connectivity index (χ3n) is 7.67. The van der Waals surface area contributed by atoms with Crippen molar-refractivity contribution in [3.8, 4) is 0 Å². The third-order valence-corrected chi connectivity index (χ3v) is 11.5. The van der Waals surface area contributed by atoms with Crippen molar-refractivity contribution in [3.05, 3.63) is 65.5 Å². The number of hydrogen-bond acceptors (Lipinski definition) is 8. The number of aromatic nitrogens is 4. The van der Waals surface area contributed by atoms with Crippen LogP contribution in [0.4, 0.5) is 0 Å². The summed E-state index contributed by atoms with van der Waals surface area (Å²) in [6.45, 7) is 39.8. The van der Waals surface area contributed by atoms with E-state index in [0.29, 0.717) is 47.3 Å². The molecule has 0 atom stereocenters. The summed E-state index contributed by atoms with van der Waals surface area (Å²) in [6, 6.07) is 0. The van der Waals surface area contributed by atoms with Crippen molar-refractivity contribution < 1.29 is 0 Å². The van der Waals surface area contributed by atoms with Crippen LogP contribution in [0.2, 0.25) is 0 Å². The molecular formula is C38H64N4S4. The SMILES string of the molecule is CC(C)c1cnsc1C(C)C.CC(C)c1csnc1C(C)C.Cc1nsc(C(C)C)c1C(C)C.Cc1snc(C(C)C)c1C(C)C. The lowest BCUT2D eigenvalue weighted by atomic mass is 9.96. The van der Waals surface area contributed by atoms with Crippen molar-refractivity contribution in [2.45, 2.75) is 172 Å². The first kappa shape index (κ1) is 42.5. The van der Waals surface area contributed by atoms with Gasteiger partial charge in [0, 0.05) is 26.2 Å². The minimum Gasteiger partial charge on any atom is -0.201 e. The van der Waals surface area contributed by atoms with Crippen molar-refractivity contribution >= 4 is 46.1 Å². The largest absolute Gasteiger partial charge is 0.201 e. The molecule has 0 amide bonds. The molecular weight excluding hydrogens is 641 g/mol. The van der Waals surface area contributed by atoms with E-state index in [1.807, 2.05) is 6.20 Å². The Labute approximate surface area is 299 Å². The van der Waals surface area contributed by atoms with Gasteiger partial charge < -0.3 is 0 Å². The highest BCUT2D eigenvalue weighted by Crippen LogP contribution is 2.33. The Morgan fingerprint density at radius 3 is 1.33 bits per heavy atom. The van der Waals surface area contributed by atoms with E-state index in [4.69, 9.17) is 0 Å². The number of hydrogen-bond donors (Lipinski definition) is 0. The standard InChI is InChI=1S/2C10H17NS.2C9H15NS/c1-6(2)9-8(5)12-11-10(9)7(3)4;1-6(2)9-8(5)11-12-10(9)7(3)4;1-6(2)8-5-11-10-9(8)7(3)4;1-6(2)8-5-10-11-9(8)7(3)4/h2*6-7H,1-5H3;2*5-7H,1-4H3. The first-order valence-electron chi connectivity index (χ1n) is 17.1. The van der Waals surface area contributed by atoms with Crippen molar-refractivity contribution in [1.29, 1.82) is 0 Å². The van der Waals surface area contributed by atoms with Gasteiger partial charge in [-0.15, -0.1) is 0 Å². The van der Waals surface area contributed by atoms with Gasteiger partial charge in [0.2, 0.25) is 0 Å². The van der Waals surface area contributed by atoms with Crippen LogP contribution < -0.4 is 0 Å². The van der Waals surface area contributed by atoms with Gasteiger partial charge in [-0.25, -0.2) is 4.37 Å². The average molecular weight is 705 g/mol. The Morgan fingerprint density at radius 1 is 0.457 bits per heavy atom.